The minimum atomic E-state index is -4.92. The summed E-state index contributed by atoms with van der Waals surface area (Å²) in [6.45, 7) is 0.929. The van der Waals surface area contributed by atoms with Gasteiger partial charge in [0.2, 0.25) is 0 Å². The molecule has 0 heterocycles. The summed E-state index contributed by atoms with van der Waals surface area (Å²) >= 11 is 0. The number of benzene rings is 4. The fourth-order valence-corrected chi connectivity index (χ4v) is 4.32. The van der Waals surface area contributed by atoms with Gasteiger partial charge in [0.05, 0.1) is 0 Å². The van der Waals surface area contributed by atoms with Gasteiger partial charge in [-0.3, -0.25) is 4.79 Å². The monoisotopic (exact) mass is 573 g/mol. The smallest absolute Gasteiger partial charge is 0.471 e. The average Bonchev–Trinajstić information content (AvgIpc) is 3.01. The van der Waals surface area contributed by atoms with Gasteiger partial charge in [-0.15, -0.1) is 0 Å². The van der Waals surface area contributed by atoms with Crippen molar-refractivity contribution in [3.05, 3.63) is 138 Å². The Labute approximate surface area is 244 Å². The van der Waals surface area contributed by atoms with Gasteiger partial charge in [-0.25, -0.2) is 0 Å². The van der Waals surface area contributed by atoms with Crippen molar-refractivity contribution in [2.75, 3.05) is 0 Å². The molecule has 0 aliphatic carbocycles. The van der Waals surface area contributed by atoms with Crippen LogP contribution < -0.4 is 14.8 Å². The number of ether oxygens (including phenoxy) is 2. The first-order valence-electron chi connectivity index (χ1n) is 13.9. The van der Waals surface area contributed by atoms with E-state index < -0.39 is 18.1 Å². The number of alkyl halides is 3. The molecular weight excluding hydrogens is 539 g/mol. The summed E-state index contributed by atoms with van der Waals surface area (Å²) in [7, 11) is 0. The van der Waals surface area contributed by atoms with Gasteiger partial charge in [-0.2, -0.15) is 13.2 Å². The second-order valence-corrected chi connectivity index (χ2v) is 9.95. The molecule has 1 N–H and O–H groups in total. The van der Waals surface area contributed by atoms with Gasteiger partial charge >= 0.3 is 12.1 Å². The van der Waals surface area contributed by atoms with Crippen LogP contribution in [0.2, 0.25) is 0 Å². The quantitative estimate of drug-likeness (QED) is 0.165. The Hall–Kier alpha value is -4.52. The van der Waals surface area contributed by atoms with Gasteiger partial charge < -0.3 is 14.8 Å². The number of hydrogen-bond donors (Lipinski definition) is 1. The molecular formula is C35H34F3NO3. The van der Waals surface area contributed by atoms with Crippen molar-refractivity contribution >= 4 is 12.0 Å². The van der Waals surface area contributed by atoms with E-state index >= 15 is 0 Å². The molecule has 42 heavy (non-hydrogen) atoms. The van der Waals surface area contributed by atoms with Crippen molar-refractivity contribution in [1.29, 1.82) is 0 Å². The molecule has 0 spiro atoms. The van der Waals surface area contributed by atoms with Gasteiger partial charge in [-0.1, -0.05) is 97.1 Å². The zero-order valence-corrected chi connectivity index (χ0v) is 23.2. The highest BCUT2D eigenvalue weighted by atomic mass is 19.4. The topological polar surface area (TPSA) is 47.6 Å². The Bertz CT molecular complexity index is 1390. The Morgan fingerprint density at radius 2 is 1.21 bits per heavy atom. The van der Waals surface area contributed by atoms with Crippen LogP contribution in [-0.4, -0.2) is 18.1 Å². The van der Waals surface area contributed by atoms with Crippen LogP contribution in [0.5, 0.6) is 11.5 Å². The van der Waals surface area contributed by atoms with Crippen molar-refractivity contribution < 1.29 is 27.4 Å². The van der Waals surface area contributed by atoms with Gasteiger partial charge in [0, 0.05) is 6.04 Å². The van der Waals surface area contributed by atoms with E-state index in [2.05, 4.69) is 5.32 Å². The van der Waals surface area contributed by atoms with Gasteiger partial charge in [-0.05, 0) is 72.2 Å². The first kappa shape index (κ1) is 30.4. The number of halogens is 3. The van der Waals surface area contributed by atoms with E-state index in [4.69, 9.17) is 9.47 Å². The third kappa shape index (κ3) is 10.5. The highest BCUT2D eigenvalue weighted by molar-refractivity contribution is 5.81. The van der Waals surface area contributed by atoms with Crippen LogP contribution in [0.1, 0.15) is 41.5 Å². The van der Waals surface area contributed by atoms with E-state index in [-0.39, 0.29) is 0 Å². The predicted octanol–water partition coefficient (Wildman–Crippen LogP) is 8.32. The van der Waals surface area contributed by atoms with Gasteiger partial charge in [0.15, 0.2) is 0 Å². The second-order valence-electron chi connectivity index (χ2n) is 9.95. The lowest BCUT2D eigenvalue weighted by atomic mass is 10.0. The lowest BCUT2D eigenvalue weighted by Gasteiger charge is -2.19. The lowest BCUT2D eigenvalue weighted by Crippen LogP contribution is -2.43. The molecule has 0 aliphatic rings. The second kappa shape index (κ2) is 15.5. The van der Waals surface area contributed by atoms with Crippen LogP contribution in [0, 0.1) is 0 Å². The van der Waals surface area contributed by atoms with Crippen LogP contribution in [0.3, 0.4) is 0 Å². The molecule has 7 heteroatoms. The summed E-state index contributed by atoms with van der Waals surface area (Å²) in [5, 5.41) is 2.17. The largest absolute Gasteiger partial charge is 0.489 e. The number of carbonyl (C=O) groups is 1. The van der Waals surface area contributed by atoms with E-state index in [1.807, 2.05) is 121 Å². The van der Waals surface area contributed by atoms with Crippen LogP contribution in [0.25, 0.3) is 6.08 Å². The third-order valence-electron chi connectivity index (χ3n) is 6.67. The van der Waals surface area contributed by atoms with Crippen LogP contribution in [0.15, 0.2) is 115 Å². The maximum atomic E-state index is 13.0. The zero-order chi connectivity index (χ0) is 29.6. The number of allylic oxidation sites excluding steroid dienone is 1. The van der Waals surface area contributed by atoms with E-state index in [0.29, 0.717) is 44.6 Å². The molecule has 0 radical (unpaired) electrons. The summed E-state index contributed by atoms with van der Waals surface area (Å²) in [5.74, 6) is -0.445. The number of aryl methyl sites for hydroxylation is 1. The molecule has 1 unspecified atom stereocenters. The van der Waals surface area contributed by atoms with E-state index in [9.17, 15) is 18.0 Å². The fraction of sp³-hybridized carbons (Fsp3) is 0.229. The Morgan fingerprint density at radius 1 is 0.690 bits per heavy atom. The number of carbonyl (C=O) groups excluding carboxylic acids is 1. The zero-order valence-electron chi connectivity index (χ0n) is 23.2. The normalized spacial score (nSPS) is 12.2. The summed E-state index contributed by atoms with van der Waals surface area (Å²) < 4.78 is 50.5. The fourth-order valence-electron chi connectivity index (χ4n) is 4.32. The molecule has 218 valence electrons. The van der Waals surface area contributed by atoms with Crippen LogP contribution in [-0.2, 0) is 24.4 Å². The SMILES string of the molecule is O=C(NC(CC/C=C/c1ccc(OCc2ccccc2)cc1)CCc1ccc(OCc2ccccc2)cc1)C(F)(F)F. The first-order chi connectivity index (χ1) is 20.3. The highest BCUT2D eigenvalue weighted by Gasteiger charge is 2.39. The molecule has 4 nitrogen and oxygen atoms in total. The number of hydrogen-bond acceptors (Lipinski definition) is 3. The third-order valence-corrected chi connectivity index (χ3v) is 6.67. The number of rotatable bonds is 14. The molecule has 4 aromatic rings. The maximum Gasteiger partial charge on any atom is 0.471 e. The summed E-state index contributed by atoms with van der Waals surface area (Å²) in [5.41, 5.74) is 4.05. The molecule has 0 fully saturated rings. The standard InChI is InChI=1S/C35H34F3NO3/c36-35(37,38)34(40)39-31(20-15-28-18-23-33(24-19-28)42-26-30-12-5-2-6-13-30)14-8-7-9-27-16-21-32(22-17-27)41-25-29-10-3-1-4-11-29/h1-7,9-13,16-19,21-24,31H,8,14-15,20,25-26H2,(H,39,40)/b9-7+. The molecule has 1 amide bonds. The van der Waals surface area contributed by atoms with E-state index in [0.717, 1.165) is 28.0 Å². The number of nitrogens with one attached hydrogen (secondary N) is 1. The molecule has 0 bridgehead atoms. The first-order valence-corrected chi connectivity index (χ1v) is 13.9. The minimum absolute atomic E-state index is 0.382. The van der Waals surface area contributed by atoms with Crippen molar-refractivity contribution in [3.63, 3.8) is 0 Å². The van der Waals surface area contributed by atoms with Gasteiger partial charge in [0.25, 0.3) is 0 Å². The number of amides is 1. The minimum Gasteiger partial charge on any atom is -0.489 e. The van der Waals surface area contributed by atoms with Crippen molar-refractivity contribution in [2.24, 2.45) is 0 Å². The van der Waals surface area contributed by atoms with Crippen molar-refractivity contribution in [3.8, 4) is 11.5 Å². The Morgan fingerprint density at radius 3 is 1.74 bits per heavy atom. The van der Waals surface area contributed by atoms with Crippen molar-refractivity contribution in [2.45, 2.75) is 51.1 Å². The summed E-state index contributed by atoms with van der Waals surface area (Å²) in [6, 6.07) is 34.2. The molecule has 0 saturated carbocycles. The van der Waals surface area contributed by atoms with E-state index in [1.54, 1.807) is 0 Å². The average molecular weight is 574 g/mol. The molecule has 0 saturated heterocycles. The molecule has 0 aliphatic heterocycles. The lowest BCUT2D eigenvalue weighted by molar-refractivity contribution is -0.174. The maximum absolute atomic E-state index is 13.0. The van der Waals surface area contributed by atoms with Gasteiger partial charge in [0.1, 0.15) is 24.7 Å². The molecule has 0 aromatic heterocycles. The van der Waals surface area contributed by atoms with Crippen molar-refractivity contribution in [1.82, 2.24) is 5.32 Å². The van der Waals surface area contributed by atoms with E-state index in [1.165, 1.54) is 0 Å². The van der Waals surface area contributed by atoms with Crippen LogP contribution in [0.4, 0.5) is 13.2 Å². The Kier molecular flexibility index (Phi) is 11.2. The molecule has 1 atom stereocenters. The highest BCUT2D eigenvalue weighted by Crippen LogP contribution is 2.20. The summed E-state index contributed by atoms with van der Waals surface area (Å²) in [6.07, 6.45) is 0.707. The Balaban J connectivity index is 1.25. The summed E-state index contributed by atoms with van der Waals surface area (Å²) in [4.78, 5) is 11.7. The van der Waals surface area contributed by atoms with Crippen LogP contribution >= 0.6 is 0 Å². The molecule has 4 rings (SSSR count). The molecule has 4 aromatic carbocycles. The predicted molar refractivity (Wildman–Crippen MR) is 159 cm³/mol.